The Morgan fingerprint density at radius 3 is 2.46 bits per heavy atom. The van der Waals surface area contributed by atoms with Crippen LogP contribution in [-0.2, 0) is 30.9 Å². The molecule has 2 N–H and O–H groups in total. The Morgan fingerprint density at radius 2 is 1.71 bits per heavy atom. The number of amides is 5. The van der Waals surface area contributed by atoms with E-state index in [1.165, 1.54) is 21.4 Å². The third kappa shape index (κ3) is 10.5. The van der Waals surface area contributed by atoms with Crippen molar-refractivity contribution in [2.45, 2.75) is 139 Å². The van der Waals surface area contributed by atoms with E-state index in [-0.39, 0.29) is 109 Å². The molecule has 12 rings (SSSR count). The van der Waals surface area contributed by atoms with E-state index in [1.807, 2.05) is 53.7 Å². The Morgan fingerprint density at radius 1 is 0.929 bits per heavy atom. The van der Waals surface area contributed by atoms with Gasteiger partial charge in [0.1, 0.15) is 47.7 Å². The molecule has 0 aliphatic carbocycles. The number of hydrogen-bond donors (Lipinski definition) is 2. The number of nitrogens with one attached hydrogen (secondary N) is 2. The minimum Gasteiger partial charge on any atom is -0.461 e. The predicted octanol–water partition coefficient (Wildman–Crippen LogP) is 7.61. The number of carbonyl (C=O) groups is 5. The lowest BCUT2D eigenvalue weighted by Crippen LogP contribution is -2.57. The average molecular weight is 1150 g/mol. The van der Waals surface area contributed by atoms with Crippen molar-refractivity contribution in [3.05, 3.63) is 88.0 Å². The molecule has 5 atom stereocenters. The van der Waals surface area contributed by atoms with Crippen molar-refractivity contribution in [2.24, 2.45) is 7.05 Å². The molecule has 6 saturated heterocycles. The zero-order valence-electron chi connectivity index (χ0n) is 47.8. The van der Waals surface area contributed by atoms with Crippen LogP contribution in [0, 0.1) is 24.0 Å². The SMILES string of the molecule is C#Cc1c(F)ccc2cccc(-c3ncc4c(N5CC6CCC(C5)N6C(=O)OC(C)(C)C)nc(OC[C@@]56CCCN5[C@H](COC(=O)NCCCC(=O)N5CCC(c7ccc8c(c7)n(C)c(=O)n8C7CCC(=O)NC7=O)CC5)CC6)nc4c3F)c12. The molecule has 3 aromatic carbocycles. The summed E-state index contributed by atoms with van der Waals surface area (Å²) in [6.45, 7) is 8.88. The van der Waals surface area contributed by atoms with Gasteiger partial charge in [0, 0.05) is 75.8 Å². The van der Waals surface area contributed by atoms with Gasteiger partial charge in [-0.1, -0.05) is 36.3 Å². The van der Waals surface area contributed by atoms with Crippen LogP contribution in [0.4, 0.5) is 24.2 Å². The van der Waals surface area contributed by atoms with E-state index >= 15 is 8.78 Å². The van der Waals surface area contributed by atoms with Gasteiger partial charge < -0.3 is 29.3 Å². The Bertz CT molecular complexity index is 3740. The van der Waals surface area contributed by atoms with Crippen LogP contribution in [0.2, 0.25) is 0 Å². The molecule has 6 aromatic rings. The van der Waals surface area contributed by atoms with Gasteiger partial charge in [-0.05, 0) is 127 Å². The van der Waals surface area contributed by atoms with Gasteiger partial charge in [0.2, 0.25) is 17.7 Å². The van der Waals surface area contributed by atoms with Crippen molar-refractivity contribution in [1.29, 1.82) is 0 Å². The number of terminal acetylenes is 1. The van der Waals surface area contributed by atoms with Gasteiger partial charge in [-0.3, -0.25) is 43.6 Å². The van der Waals surface area contributed by atoms with Crippen LogP contribution in [0.3, 0.4) is 0 Å². The summed E-state index contributed by atoms with van der Waals surface area (Å²) in [5.41, 5.74) is 1.22. The summed E-state index contributed by atoms with van der Waals surface area (Å²) in [4.78, 5) is 100. The van der Waals surface area contributed by atoms with E-state index in [0.717, 1.165) is 63.5 Å². The Balaban J connectivity index is 0.667. The number of anilines is 1. The maximum absolute atomic E-state index is 17.4. The number of fused-ring (bicyclic) bond motifs is 6. The van der Waals surface area contributed by atoms with E-state index in [2.05, 4.69) is 26.4 Å². The lowest BCUT2D eigenvalue weighted by molar-refractivity contribution is -0.136. The molecule has 440 valence electrons. The number of rotatable bonds is 13. The van der Waals surface area contributed by atoms with Gasteiger partial charge in [0.15, 0.2) is 5.82 Å². The summed E-state index contributed by atoms with van der Waals surface area (Å²) in [6.07, 6.45) is 13.8. The molecule has 0 saturated carbocycles. The number of imide groups is 1. The molecule has 9 heterocycles. The van der Waals surface area contributed by atoms with Crippen LogP contribution in [0.1, 0.15) is 121 Å². The quantitative estimate of drug-likeness (QED) is 0.0647. The second-order valence-electron chi connectivity index (χ2n) is 24.4. The van der Waals surface area contributed by atoms with Crippen LogP contribution in [0.25, 0.3) is 44.0 Å². The molecule has 6 aliphatic heterocycles. The number of likely N-dealkylation sites (tertiary alicyclic amines) is 1. The lowest BCUT2D eigenvalue weighted by atomic mass is 9.89. The highest BCUT2D eigenvalue weighted by Gasteiger charge is 2.51. The number of aromatic nitrogens is 5. The fourth-order valence-electron chi connectivity index (χ4n) is 14.0. The molecule has 20 nitrogen and oxygen atoms in total. The normalized spacial score (nSPS) is 22.8. The number of benzene rings is 3. The van der Waals surface area contributed by atoms with Crippen molar-refractivity contribution in [3.8, 4) is 29.6 Å². The average Bonchev–Trinajstić information content (AvgIpc) is 2.40. The molecule has 5 amide bonds. The number of piperidine rings is 2. The molecule has 3 aromatic heterocycles. The molecule has 2 bridgehead atoms. The fraction of sp³-hybridized carbons (Fsp3) is 0.500. The summed E-state index contributed by atoms with van der Waals surface area (Å²) >= 11 is 0. The zero-order chi connectivity index (χ0) is 58.8. The predicted molar refractivity (Wildman–Crippen MR) is 308 cm³/mol. The summed E-state index contributed by atoms with van der Waals surface area (Å²) in [6, 6.07) is 12.7. The zero-order valence-corrected chi connectivity index (χ0v) is 47.8. The highest BCUT2D eigenvalue weighted by molar-refractivity contribution is 6.02. The number of hydrogen-bond acceptors (Lipinski definition) is 14. The monoisotopic (exact) mass is 1150 g/mol. The number of ether oxygens (including phenoxy) is 3. The van der Waals surface area contributed by atoms with Gasteiger partial charge in [-0.25, -0.2) is 23.2 Å². The van der Waals surface area contributed by atoms with Crippen molar-refractivity contribution >= 4 is 68.4 Å². The molecule has 84 heavy (non-hydrogen) atoms. The second kappa shape index (κ2) is 22.4. The number of aryl methyl sites for hydroxylation is 1. The molecular weight excluding hydrogens is 1080 g/mol. The molecule has 6 fully saturated rings. The lowest BCUT2D eigenvalue weighted by Gasteiger charge is -2.42. The van der Waals surface area contributed by atoms with Crippen LogP contribution >= 0.6 is 0 Å². The van der Waals surface area contributed by atoms with Gasteiger partial charge >= 0.3 is 23.9 Å². The molecule has 0 spiro atoms. The largest absolute Gasteiger partial charge is 0.461 e. The topological polar surface area (TPSA) is 216 Å². The summed E-state index contributed by atoms with van der Waals surface area (Å²) in [5, 5.41) is 6.50. The minimum atomic E-state index is -0.755. The highest BCUT2D eigenvalue weighted by Crippen LogP contribution is 2.44. The van der Waals surface area contributed by atoms with Crippen molar-refractivity contribution < 1.29 is 47.0 Å². The molecule has 0 radical (unpaired) electrons. The van der Waals surface area contributed by atoms with Crippen LogP contribution in [0.5, 0.6) is 6.01 Å². The van der Waals surface area contributed by atoms with Gasteiger partial charge in [0.05, 0.1) is 39.6 Å². The molecule has 6 aliphatic rings. The number of halogens is 2. The van der Waals surface area contributed by atoms with Gasteiger partial charge in [0.25, 0.3) is 0 Å². The summed E-state index contributed by atoms with van der Waals surface area (Å²) in [7, 11) is 1.68. The van der Waals surface area contributed by atoms with Crippen LogP contribution in [-0.4, -0.2) is 150 Å². The first kappa shape index (κ1) is 56.3. The Kier molecular flexibility index (Phi) is 15.0. The van der Waals surface area contributed by atoms with Crippen LogP contribution < -0.4 is 26.0 Å². The number of piperazine rings is 1. The van der Waals surface area contributed by atoms with Gasteiger partial charge in [-0.2, -0.15) is 9.97 Å². The third-order valence-electron chi connectivity index (χ3n) is 18.1. The molecule has 3 unspecified atom stereocenters. The first-order valence-electron chi connectivity index (χ1n) is 29.3. The van der Waals surface area contributed by atoms with E-state index in [4.69, 9.17) is 30.6 Å². The standard InChI is InChI=1S/C62H69F2N11O9/c1-6-42-45(63)17-13-37-10-7-11-43(51(37)42)53-52(64)54-44(31-66-53)55(72-32-39-15-16-40(33-72)74(39)60(81)84-61(2,3)4)69-57(68-54)83-35-62-24-9-27-73(62)41(21-25-62)34-82-58(79)65-26-8-12-50(77)71-28-22-36(23-29-71)38-14-18-46-48(30-38)70(5)59(80)75(46)47-19-20-49(76)67-56(47)78/h1,7,10-11,13-14,17-18,30-31,36,39-41,47H,8-9,12,15-16,19-29,32-35H2,2-5H3,(H,65,79)(H,67,76,78)/t39?,40?,41-,47?,62-/m0/s1. The van der Waals surface area contributed by atoms with E-state index in [9.17, 15) is 28.8 Å². The number of alkyl carbamates (subject to hydrolysis) is 1. The summed E-state index contributed by atoms with van der Waals surface area (Å²) in [5.74, 6) is 0.888. The Hall–Kier alpha value is -8.19. The summed E-state index contributed by atoms with van der Waals surface area (Å²) < 4.78 is 53.8. The van der Waals surface area contributed by atoms with Crippen molar-refractivity contribution in [2.75, 3.05) is 57.4 Å². The fourth-order valence-corrected chi connectivity index (χ4v) is 14.0. The maximum Gasteiger partial charge on any atom is 0.410 e. The smallest absolute Gasteiger partial charge is 0.410 e. The number of nitrogens with zero attached hydrogens (tertiary/aromatic N) is 9. The molecule has 22 heteroatoms. The third-order valence-corrected chi connectivity index (χ3v) is 18.1. The van der Waals surface area contributed by atoms with E-state index in [1.54, 1.807) is 31.3 Å². The minimum absolute atomic E-state index is 0.000763. The first-order valence-corrected chi connectivity index (χ1v) is 29.3. The van der Waals surface area contributed by atoms with Crippen molar-refractivity contribution in [3.63, 3.8) is 0 Å². The van der Waals surface area contributed by atoms with Gasteiger partial charge in [-0.15, -0.1) is 6.42 Å². The Labute approximate surface area is 484 Å². The van der Waals surface area contributed by atoms with E-state index < -0.39 is 40.8 Å². The number of imidazole rings is 1. The number of pyridine rings is 1. The maximum atomic E-state index is 17.4. The van der Waals surface area contributed by atoms with Crippen molar-refractivity contribution in [1.82, 2.24) is 49.4 Å². The van der Waals surface area contributed by atoms with E-state index in [0.29, 0.717) is 71.2 Å². The molecular formula is C62H69F2N11O9. The highest BCUT2D eigenvalue weighted by atomic mass is 19.1. The van der Waals surface area contributed by atoms with Crippen LogP contribution in [0.15, 0.2) is 59.5 Å². The second-order valence-corrected chi connectivity index (χ2v) is 24.4. The first-order chi connectivity index (χ1) is 40.4. The number of carbonyl (C=O) groups excluding carboxylic acids is 5.